The normalized spacial score (nSPS) is 11.8. The summed E-state index contributed by atoms with van der Waals surface area (Å²) < 4.78 is 0. The molecule has 0 aliphatic rings. The van der Waals surface area contributed by atoms with Crippen LogP contribution in [0.2, 0.25) is 0 Å². The summed E-state index contributed by atoms with van der Waals surface area (Å²) in [5, 5.41) is 0. The van der Waals surface area contributed by atoms with Gasteiger partial charge in [0.1, 0.15) is 0 Å². The van der Waals surface area contributed by atoms with Crippen LogP contribution in [0.15, 0.2) is 103 Å². The molecule has 0 atom stereocenters. The van der Waals surface area contributed by atoms with Gasteiger partial charge in [-0.1, -0.05) is 90.8 Å². The maximum atomic E-state index is 6.07. The highest BCUT2D eigenvalue weighted by Gasteiger charge is 2.09. The second-order valence-corrected chi connectivity index (χ2v) is 6.05. The SMILES string of the molecule is C#C/C=C(N)\C=C(/Cc1ccccc1-c1ccccc1)c1ccccc1. The fraction of sp³-hybridized carbons (Fsp3) is 0.0400. The Morgan fingerprint density at radius 2 is 1.46 bits per heavy atom. The highest BCUT2D eigenvalue weighted by Crippen LogP contribution is 2.28. The quantitative estimate of drug-likeness (QED) is 0.486. The van der Waals surface area contributed by atoms with Gasteiger partial charge in [-0.2, -0.15) is 0 Å². The van der Waals surface area contributed by atoms with Gasteiger partial charge in [-0.05, 0) is 40.3 Å². The predicted octanol–water partition coefficient (Wildman–Crippen LogP) is 5.46. The van der Waals surface area contributed by atoms with Crippen molar-refractivity contribution in [3.8, 4) is 23.5 Å². The molecule has 3 rings (SSSR count). The number of hydrogen-bond donors (Lipinski definition) is 1. The molecule has 0 radical (unpaired) electrons. The summed E-state index contributed by atoms with van der Waals surface area (Å²) in [5.74, 6) is 2.49. The third kappa shape index (κ3) is 4.32. The molecule has 3 aromatic carbocycles. The first-order valence-electron chi connectivity index (χ1n) is 8.59. The Bertz CT molecular complexity index is 958. The van der Waals surface area contributed by atoms with E-state index in [1.54, 1.807) is 6.08 Å². The molecule has 0 aliphatic carbocycles. The van der Waals surface area contributed by atoms with E-state index in [0.717, 1.165) is 17.6 Å². The second kappa shape index (κ2) is 8.55. The maximum absolute atomic E-state index is 6.07. The first kappa shape index (κ1) is 17.3. The van der Waals surface area contributed by atoms with Gasteiger partial charge in [0.05, 0.1) is 0 Å². The van der Waals surface area contributed by atoms with Crippen LogP contribution in [0.25, 0.3) is 16.7 Å². The van der Waals surface area contributed by atoms with Gasteiger partial charge < -0.3 is 5.73 Å². The van der Waals surface area contributed by atoms with E-state index in [9.17, 15) is 0 Å². The molecular formula is C25H21N. The first-order valence-corrected chi connectivity index (χ1v) is 8.59. The minimum absolute atomic E-state index is 0.587. The van der Waals surface area contributed by atoms with E-state index >= 15 is 0 Å². The van der Waals surface area contributed by atoms with Gasteiger partial charge in [0.15, 0.2) is 0 Å². The molecule has 0 unspecified atom stereocenters. The average Bonchev–Trinajstić information content (AvgIpc) is 2.69. The molecule has 3 aromatic rings. The molecule has 0 fully saturated rings. The van der Waals surface area contributed by atoms with Crippen LogP contribution in [0.3, 0.4) is 0 Å². The standard InChI is InChI=1S/C25H21N/c1-2-11-24(26)19-23(20-12-5-3-6-13-20)18-22-16-9-10-17-25(22)21-14-7-4-8-15-21/h1,3-17,19H,18,26H2/b23-19+,24-11+. The van der Waals surface area contributed by atoms with Gasteiger partial charge in [-0.25, -0.2) is 0 Å². The molecule has 2 N–H and O–H groups in total. The zero-order valence-corrected chi connectivity index (χ0v) is 14.6. The maximum Gasteiger partial charge on any atom is 0.0401 e. The van der Waals surface area contributed by atoms with Crippen molar-refractivity contribution >= 4 is 5.57 Å². The van der Waals surface area contributed by atoms with Gasteiger partial charge in [0, 0.05) is 11.8 Å². The number of rotatable bonds is 5. The largest absolute Gasteiger partial charge is 0.398 e. The number of hydrogen-bond acceptors (Lipinski definition) is 1. The van der Waals surface area contributed by atoms with Crippen molar-refractivity contribution in [1.29, 1.82) is 0 Å². The lowest BCUT2D eigenvalue weighted by molar-refractivity contribution is 1.27. The van der Waals surface area contributed by atoms with Crippen molar-refractivity contribution in [3.05, 3.63) is 114 Å². The Hall–Kier alpha value is -3.50. The van der Waals surface area contributed by atoms with Crippen molar-refractivity contribution in [2.45, 2.75) is 6.42 Å². The summed E-state index contributed by atoms with van der Waals surface area (Å²) in [7, 11) is 0. The highest BCUT2D eigenvalue weighted by atomic mass is 14.6. The fourth-order valence-electron chi connectivity index (χ4n) is 3.01. The van der Waals surface area contributed by atoms with Gasteiger partial charge in [0.25, 0.3) is 0 Å². The number of terminal acetylenes is 1. The van der Waals surface area contributed by atoms with Crippen molar-refractivity contribution in [2.24, 2.45) is 5.73 Å². The molecule has 0 heterocycles. The van der Waals surface area contributed by atoms with E-state index in [0.29, 0.717) is 5.70 Å². The van der Waals surface area contributed by atoms with Crippen molar-refractivity contribution < 1.29 is 0 Å². The topological polar surface area (TPSA) is 26.0 Å². The molecule has 126 valence electrons. The van der Waals surface area contributed by atoms with E-state index in [2.05, 4.69) is 66.6 Å². The van der Waals surface area contributed by atoms with Gasteiger partial charge >= 0.3 is 0 Å². The Labute approximate surface area is 155 Å². The van der Waals surface area contributed by atoms with Crippen molar-refractivity contribution in [3.63, 3.8) is 0 Å². The summed E-state index contributed by atoms with van der Waals surface area (Å²) >= 11 is 0. The van der Waals surface area contributed by atoms with Crippen LogP contribution >= 0.6 is 0 Å². The molecule has 1 heteroatoms. The van der Waals surface area contributed by atoms with Crippen LogP contribution in [-0.2, 0) is 6.42 Å². The molecule has 0 aromatic heterocycles. The van der Waals surface area contributed by atoms with Gasteiger partial charge in [0.2, 0.25) is 0 Å². The number of allylic oxidation sites excluding steroid dienone is 3. The van der Waals surface area contributed by atoms with Gasteiger partial charge in [-0.3, -0.25) is 0 Å². The van der Waals surface area contributed by atoms with E-state index < -0.39 is 0 Å². The molecule has 0 amide bonds. The smallest absolute Gasteiger partial charge is 0.0401 e. The Kier molecular flexibility index (Phi) is 5.70. The third-order valence-corrected chi connectivity index (χ3v) is 4.22. The van der Waals surface area contributed by atoms with Crippen molar-refractivity contribution in [2.75, 3.05) is 0 Å². The third-order valence-electron chi connectivity index (χ3n) is 4.22. The van der Waals surface area contributed by atoms with Crippen LogP contribution in [-0.4, -0.2) is 0 Å². The molecule has 0 saturated heterocycles. The fourth-order valence-corrected chi connectivity index (χ4v) is 3.01. The Morgan fingerprint density at radius 3 is 2.15 bits per heavy atom. The highest BCUT2D eigenvalue weighted by molar-refractivity contribution is 5.75. The predicted molar refractivity (Wildman–Crippen MR) is 111 cm³/mol. The van der Waals surface area contributed by atoms with Crippen LogP contribution in [0.4, 0.5) is 0 Å². The zero-order valence-electron chi connectivity index (χ0n) is 14.6. The Balaban J connectivity index is 2.04. The van der Waals surface area contributed by atoms with E-state index in [1.165, 1.54) is 16.7 Å². The lowest BCUT2D eigenvalue weighted by Gasteiger charge is -2.13. The molecule has 0 bridgehead atoms. The molecule has 1 nitrogen and oxygen atoms in total. The summed E-state index contributed by atoms with van der Waals surface area (Å²) in [6.45, 7) is 0. The van der Waals surface area contributed by atoms with Crippen LogP contribution in [0.1, 0.15) is 11.1 Å². The minimum Gasteiger partial charge on any atom is -0.398 e. The zero-order chi connectivity index (χ0) is 18.2. The summed E-state index contributed by atoms with van der Waals surface area (Å²) in [4.78, 5) is 0. The monoisotopic (exact) mass is 335 g/mol. The lowest BCUT2D eigenvalue weighted by Crippen LogP contribution is -1.99. The summed E-state index contributed by atoms with van der Waals surface area (Å²) in [5.41, 5.74) is 12.6. The van der Waals surface area contributed by atoms with Crippen LogP contribution < -0.4 is 5.73 Å². The van der Waals surface area contributed by atoms with Crippen molar-refractivity contribution in [1.82, 2.24) is 0 Å². The molecule has 0 aliphatic heterocycles. The van der Waals surface area contributed by atoms with E-state index in [4.69, 9.17) is 12.2 Å². The summed E-state index contributed by atoms with van der Waals surface area (Å²) in [6.07, 6.45) is 9.69. The molecule has 0 spiro atoms. The Morgan fingerprint density at radius 1 is 0.846 bits per heavy atom. The minimum atomic E-state index is 0.587. The van der Waals surface area contributed by atoms with Gasteiger partial charge in [-0.15, -0.1) is 6.42 Å². The molecular weight excluding hydrogens is 314 g/mol. The summed E-state index contributed by atoms with van der Waals surface area (Å²) in [6, 6.07) is 29.2. The second-order valence-electron chi connectivity index (χ2n) is 6.05. The number of benzene rings is 3. The van der Waals surface area contributed by atoms with Crippen LogP contribution in [0, 0.1) is 12.3 Å². The number of nitrogens with two attached hydrogens (primary N) is 1. The van der Waals surface area contributed by atoms with E-state index in [-0.39, 0.29) is 0 Å². The van der Waals surface area contributed by atoms with E-state index in [1.807, 2.05) is 30.3 Å². The lowest BCUT2D eigenvalue weighted by atomic mass is 9.91. The first-order chi connectivity index (χ1) is 12.8. The van der Waals surface area contributed by atoms with Crippen LogP contribution in [0.5, 0.6) is 0 Å². The molecule has 26 heavy (non-hydrogen) atoms. The average molecular weight is 335 g/mol. The molecule has 0 saturated carbocycles.